The number of carbonyl (C=O) groups excluding carboxylic acids is 2. The van der Waals surface area contributed by atoms with E-state index in [2.05, 4.69) is 10.6 Å². The molecule has 0 aliphatic carbocycles. The van der Waals surface area contributed by atoms with Crippen molar-refractivity contribution in [3.05, 3.63) is 29.3 Å². The van der Waals surface area contributed by atoms with Gasteiger partial charge in [0.15, 0.2) is 0 Å². The Morgan fingerprint density at radius 3 is 2.48 bits per heavy atom. The third-order valence-electron chi connectivity index (χ3n) is 3.91. The van der Waals surface area contributed by atoms with Crippen molar-refractivity contribution in [2.45, 2.75) is 32.2 Å². The quantitative estimate of drug-likeness (QED) is 0.886. The molecule has 1 aromatic carbocycles. The van der Waals surface area contributed by atoms with E-state index in [4.69, 9.17) is 0 Å². The van der Waals surface area contributed by atoms with Crippen LogP contribution in [0, 0.1) is 13.8 Å². The van der Waals surface area contributed by atoms with E-state index < -0.39 is 30.8 Å². The molecule has 1 aromatic rings. The molecule has 1 fully saturated rings. The van der Waals surface area contributed by atoms with Crippen molar-refractivity contribution in [2.24, 2.45) is 0 Å². The molecule has 7 heteroatoms. The van der Waals surface area contributed by atoms with Gasteiger partial charge in [-0.2, -0.15) is 0 Å². The number of alkyl halides is 2. The number of anilines is 1. The molecule has 0 spiro atoms. The Morgan fingerprint density at radius 2 is 1.96 bits per heavy atom. The second-order valence-electron chi connectivity index (χ2n) is 6.00. The molecule has 23 heavy (non-hydrogen) atoms. The summed E-state index contributed by atoms with van der Waals surface area (Å²) in [6.45, 7) is 3.06. The van der Waals surface area contributed by atoms with Crippen LogP contribution in [0.25, 0.3) is 0 Å². The number of aryl methyl sites for hydroxylation is 2. The number of nitrogens with zero attached hydrogens (tertiary/aromatic N) is 1. The number of halogens is 2. The average Bonchev–Trinajstić information content (AvgIpc) is 2.82. The summed E-state index contributed by atoms with van der Waals surface area (Å²) in [5.74, 6) is -3.73. The number of likely N-dealkylation sites (N-methyl/N-ethyl adjacent to an activating group) is 1. The number of rotatable bonds is 4. The van der Waals surface area contributed by atoms with E-state index in [0.29, 0.717) is 5.69 Å². The molecule has 126 valence electrons. The highest BCUT2D eigenvalue weighted by Gasteiger charge is 2.43. The lowest BCUT2D eigenvalue weighted by Crippen LogP contribution is -2.44. The Hall–Kier alpha value is -2.02. The first-order valence-electron chi connectivity index (χ1n) is 7.42. The monoisotopic (exact) mass is 325 g/mol. The molecule has 0 saturated carbocycles. The van der Waals surface area contributed by atoms with Gasteiger partial charge in [0.1, 0.15) is 0 Å². The summed E-state index contributed by atoms with van der Waals surface area (Å²) in [6.07, 6.45) is -0.533. The maximum atomic E-state index is 13.1. The van der Waals surface area contributed by atoms with Crippen LogP contribution in [0.1, 0.15) is 17.5 Å². The molecule has 1 heterocycles. The lowest BCUT2D eigenvalue weighted by atomic mass is 10.1. The van der Waals surface area contributed by atoms with Crippen molar-refractivity contribution in [1.82, 2.24) is 10.2 Å². The number of hydrogen-bond donors (Lipinski definition) is 2. The van der Waals surface area contributed by atoms with Crippen molar-refractivity contribution in [3.8, 4) is 0 Å². The van der Waals surface area contributed by atoms with Crippen molar-refractivity contribution in [1.29, 1.82) is 0 Å². The molecular weight excluding hydrogens is 304 g/mol. The number of nitrogens with one attached hydrogen (secondary N) is 2. The van der Waals surface area contributed by atoms with Gasteiger partial charge in [0, 0.05) is 19.2 Å². The largest absolute Gasteiger partial charge is 0.335 e. The van der Waals surface area contributed by atoms with Gasteiger partial charge in [-0.25, -0.2) is 8.78 Å². The zero-order valence-corrected chi connectivity index (χ0v) is 13.5. The van der Waals surface area contributed by atoms with Crippen LogP contribution in [0.4, 0.5) is 14.5 Å². The van der Waals surface area contributed by atoms with Crippen LogP contribution < -0.4 is 10.6 Å². The number of carbonyl (C=O) groups is 2. The summed E-state index contributed by atoms with van der Waals surface area (Å²) < 4.78 is 26.3. The summed E-state index contributed by atoms with van der Waals surface area (Å²) in [5.41, 5.74) is 2.55. The first-order valence-corrected chi connectivity index (χ1v) is 7.42. The molecule has 1 unspecified atom stereocenters. The number of benzene rings is 1. The zero-order chi connectivity index (χ0) is 17.2. The first kappa shape index (κ1) is 17.3. The fourth-order valence-electron chi connectivity index (χ4n) is 2.64. The SMILES string of the molecule is Cc1cccc(C)c1NC(=O)CN(C)C(=O)C1CC(F)(F)CN1. The van der Waals surface area contributed by atoms with Crippen LogP contribution in [0.2, 0.25) is 0 Å². The van der Waals surface area contributed by atoms with Crippen molar-refractivity contribution in [3.63, 3.8) is 0 Å². The highest BCUT2D eigenvalue weighted by molar-refractivity contribution is 5.96. The van der Waals surface area contributed by atoms with E-state index in [-0.39, 0.29) is 12.5 Å². The fraction of sp³-hybridized carbons (Fsp3) is 0.500. The Morgan fingerprint density at radius 1 is 1.35 bits per heavy atom. The number of amides is 2. The number of hydrogen-bond acceptors (Lipinski definition) is 3. The molecular formula is C16H21F2N3O2. The molecule has 2 amide bonds. The summed E-state index contributed by atoms with van der Waals surface area (Å²) >= 11 is 0. The van der Waals surface area contributed by atoms with Crippen molar-refractivity contribution >= 4 is 17.5 Å². The van der Waals surface area contributed by atoms with E-state index in [1.54, 1.807) is 0 Å². The van der Waals surface area contributed by atoms with Crippen LogP contribution in [0.15, 0.2) is 18.2 Å². The topological polar surface area (TPSA) is 61.4 Å². The predicted octanol–water partition coefficient (Wildman–Crippen LogP) is 1.70. The predicted molar refractivity (Wildman–Crippen MR) is 83.5 cm³/mol. The second kappa shape index (κ2) is 6.62. The first-order chi connectivity index (χ1) is 10.7. The molecule has 0 radical (unpaired) electrons. The maximum absolute atomic E-state index is 13.1. The van der Waals surface area contributed by atoms with Gasteiger partial charge >= 0.3 is 0 Å². The lowest BCUT2D eigenvalue weighted by Gasteiger charge is -2.21. The van der Waals surface area contributed by atoms with Gasteiger partial charge in [-0.15, -0.1) is 0 Å². The summed E-state index contributed by atoms with van der Waals surface area (Å²) in [5, 5.41) is 5.27. The molecule has 1 aliphatic rings. The van der Waals surface area contributed by atoms with E-state index in [1.807, 2.05) is 32.0 Å². The van der Waals surface area contributed by atoms with Crippen molar-refractivity contribution in [2.75, 3.05) is 25.5 Å². The smallest absolute Gasteiger partial charge is 0.262 e. The maximum Gasteiger partial charge on any atom is 0.262 e. The molecule has 0 aromatic heterocycles. The van der Waals surface area contributed by atoms with E-state index in [0.717, 1.165) is 11.1 Å². The third-order valence-corrected chi connectivity index (χ3v) is 3.91. The van der Waals surface area contributed by atoms with Crippen LogP contribution in [0.5, 0.6) is 0 Å². The third kappa shape index (κ3) is 4.25. The number of para-hydroxylation sites is 1. The minimum atomic E-state index is -2.87. The molecule has 5 nitrogen and oxygen atoms in total. The van der Waals surface area contributed by atoms with E-state index in [1.165, 1.54) is 11.9 Å². The van der Waals surface area contributed by atoms with Crippen molar-refractivity contribution < 1.29 is 18.4 Å². The lowest BCUT2D eigenvalue weighted by molar-refractivity contribution is -0.135. The van der Waals surface area contributed by atoms with Crippen LogP contribution in [0.3, 0.4) is 0 Å². The minimum absolute atomic E-state index is 0.184. The molecule has 0 bridgehead atoms. The fourth-order valence-corrected chi connectivity index (χ4v) is 2.64. The summed E-state index contributed by atoms with van der Waals surface area (Å²) in [6, 6.07) is 4.70. The van der Waals surface area contributed by atoms with Gasteiger partial charge in [-0.1, -0.05) is 18.2 Å². The molecule has 1 saturated heterocycles. The average molecular weight is 325 g/mol. The van der Waals surface area contributed by atoms with E-state index in [9.17, 15) is 18.4 Å². The van der Waals surface area contributed by atoms with Gasteiger partial charge < -0.3 is 10.2 Å². The van der Waals surface area contributed by atoms with Gasteiger partial charge in [-0.3, -0.25) is 14.9 Å². The van der Waals surface area contributed by atoms with Crippen LogP contribution in [-0.4, -0.2) is 48.8 Å². The van der Waals surface area contributed by atoms with Crippen LogP contribution in [-0.2, 0) is 9.59 Å². The highest BCUT2D eigenvalue weighted by Crippen LogP contribution is 2.26. The van der Waals surface area contributed by atoms with E-state index >= 15 is 0 Å². The molecule has 1 aliphatic heterocycles. The Labute approximate surface area is 134 Å². The second-order valence-corrected chi connectivity index (χ2v) is 6.00. The summed E-state index contributed by atoms with van der Waals surface area (Å²) in [4.78, 5) is 25.4. The summed E-state index contributed by atoms with van der Waals surface area (Å²) in [7, 11) is 1.44. The van der Waals surface area contributed by atoms with Gasteiger partial charge in [0.05, 0.1) is 19.1 Å². The Balaban J connectivity index is 1.93. The highest BCUT2D eigenvalue weighted by atomic mass is 19.3. The molecule has 2 N–H and O–H groups in total. The van der Waals surface area contributed by atoms with Gasteiger partial charge in [0.2, 0.25) is 11.8 Å². The molecule has 2 rings (SSSR count). The Bertz CT molecular complexity index is 599. The minimum Gasteiger partial charge on any atom is -0.335 e. The standard InChI is InChI=1S/C16H21F2N3O2/c1-10-5-4-6-11(2)14(10)20-13(22)8-21(3)15(23)12-7-16(17,18)9-19-12/h4-6,12,19H,7-9H2,1-3H3,(H,20,22). The zero-order valence-electron chi connectivity index (χ0n) is 13.5. The normalized spacial score (nSPS) is 19.4. The van der Waals surface area contributed by atoms with Gasteiger partial charge in [-0.05, 0) is 25.0 Å². The van der Waals surface area contributed by atoms with Gasteiger partial charge in [0.25, 0.3) is 5.92 Å². The van der Waals surface area contributed by atoms with Crippen LogP contribution >= 0.6 is 0 Å². The molecule has 1 atom stereocenters. The Kier molecular flexibility index (Phi) is 4.99.